The van der Waals surface area contributed by atoms with Crippen molar-refractivity contribution in [3.8, 4) is 0 Å². The molecule has 0 aliphatic carbocycles. The molecule has 21 heavy (non-hydrogen) atoms. The van der Waals surface area contributed by atoms with Crippen LogP contribution in [0.4, 0.5) is 4.79 Å². The summed E-state index contributed by atoms with van der Waals surface area (Å²) in [6, 6.07) is 0. The summed E-state index contributed by atoms with van der Waals surface area (Å²) in [6.07, 6.45) is 1.94. The maximum absolute atomic E-state index is 12.2. The second kappa shape index (κ2) is 11.4. The summed E-state index contributed by atoms with van der Waals surface area (Å²) in [4.78, 5) is 23.8. The van der Waals surface area contributed by atoms with Crippen molar-refractivity contribution in [1.82, 2.24) is 0 Å². The zero-order valence-corrected chi connectivity index (χ0v) is 14.0. The monoisotopic (exact) mass is 302 g/mol. The van der Waals surface area contributed by atoms with E-state index in [2.05, 4.69) is 6.92 Å². The standard InChI is InChI=1S/C16H30O5/c1-6-9-10-13(15(17)19-7-2)14(11-12(4)5)21-16(18)20-8-3/h12-14H,6-11H2,1-5H3. The molecule has 0 aromatic heterocycles. The Morgan fingerprint density at radius 2 is 1.62 bits per heavy atom. The zero-order chi connectivity index (χ0) is 16.3. The van der Waals surface area contributed by atoms with Crippen molar-refractivity contribution in [3.63, 3.8) is 0 Å². The van der Waals surface area contributed by atoms with Crippen LogP contribution in [0.3, 0.4) is 0 Å². The van der Waals surface area contributed by atoms with Crippen LogP contribution < -0.4 is 0 Å². The SMILES string of the molecule is CCCCC(C(=O)OCC)C(CC(C)C)OC(=O)OCC. The largest absolute Gasteiger partial charge is 0.508 e. The first kappa shape index (κ1) is 19.7. The van der Waals surface area contributed by atoms with Gasteiger partial charge in [-0.15, -0.1) is 0 Å². The van der Waals surface area contributed by atoms with Crippen molar-refractivity contribution in [1.29, 1.82) is 0 Å². The van der Waals surface area contributed by atoms with Gasteiger partial charge in [-0.2, -0.15) is 0 Å². The summed E-state index contributed by atoms with van der Waals surface area (Å²) in [6.45, 7) is 10.2. The van der Waals surface area contributed by atoms with Gasteiger partial charge in [-0.25, -0.2) is 4.79 Å². The van der Waals surface area contributed by atoms with Gasteiger partial charge in [0.2, 0.25) is 0 Å². The molecule has 0 saturated heterocycles. The van der Waals surface area contributed by atoms with Crippen molar-refractivity contribution >= 4 is 12.1 Å². The molecule has 0 aliphatic heterocycles. The molecule has 5 heteroatoms. The number of carbonyl (C=O) groups excluding carboxylic acids is 2. The number of esters is 1. The normalized spacial score (nSPS) is 13.6. The predicted molar refractivity (Wildman–Crippen MR) is 81.0 cm³/mol. The van der Waals surface area contributed by atoms with Crippen molar-refractivity contribution < 1.29 is 23.8 Å². The van der Waals surface area contributed by atoms with Gasteiger partial charge in [0, 0.05) is 0 Å². The second-order valence-corrected chi connectivity index (χ2v) is 5.47. The highest BCUT2D eigenvalue weighted by Gasteiger charge is 2.33. The third-order valence-corrected chi connectivity index (χ3v) is 3.12. The Kier molecular flexibility index (Phi) is 10.7. The highest BCUT2D eigenvalue weighted by molar-refractivity contribution is 5.73. The fraction of sp³-hybridized carbons (Fsp3) is 0.875. The molecule has 2 unspecified atom stereocenters. The maximum Gasteiger partial charge on any atom is 0.508 e. The van der Waals surface area contributed by atoms with Gasteiger partial charge in [-0.05, 0) is 32.6 Å². The topological polar surface area (TPSA) is 61.8 Å². The van der Waals surface area contributed by atoms with Crippen LogP contribution in [-0.2, 0) is 19.0 Å². The Morgan fingerprint density at radius 1 is 1.00 bits per heavy atom. The smallest absolute Gasteiger partial charge is 0.466 e. The van der Waals surface area contributed by atoms with Crippen molar-refractivity contribution in [2.75, 3.05) is 13.2 Å². The van der Waals surface area contributed by atoms with E-state index in [1.165, 1.54) is 0 Å². The molecule has 0 bridgehead atoms. The molecule has 2 atom stereocenters. The summed E-state index contributed by atoms with van der Waals surface area (Å²) >= 11 is 0. The molecule has 0 radical (unpaired) electrons. The van der Waals surface area contributed by atoms with Crippen LogP contribution in [0.25, 0.3) is 0 Å². The molecule has 0 spiro atoms. The van der Waals surface area contributed by atoms with Crippen molar-refractivity contribution in [2.24, 2.45) is 11.8 Å². The molecule has 0 amide bonds. The number of carbonyl (C=O) groups is 2. The minimum atomic E-state index is -0.714. The van der Waals surface area contributed by atoms with Crippen molar-refractivity contribution in [2.45, 2.75) is 66.4 Å². The average Bonchev–Trinajstić information content (AvgIpc) is 2.38. The highest BCUT2D eigenvalue weighted by Crippen LogP contribution is 2.24. The number of hydrogen-bond acceptors (Lipinski definition) is 5. The van der Waals surface area contributed by atoms with E-state index in [0.717, 1.165) is 12.8 Å². The minimum Gasteiger partial charge on any atom is -0.466 e. The zero-order valence-electron chi connectivity index (χ0n) is 14.0. The van der Waals surface area contributed by atoms with Gasteiger partial charge in [0.25, 0.3) is 0 Å². The molecule has 0 rings (SSSR count). The summed E-state index contributed by atoms with van der Waals surface area (Å²) in [7, 11) is 0. The van der Waals surface area contributed by atoms with E-state index in [-0.39, 0.29) is 12.6 Å². The average molecular weight is 302 g/mol. The summed E-state index contributed by atoms with van der Waals surface area (Å²) in [5, 5.41) is 0. The first-order valence-electron chi connectivity index (χ1n) is 7.96. The number of hydrogen-bond donors (Lipinski definition) is 0. The lowest BCUT2D eigenvalue weighted by atomic mass is 9.90. The van der Waals surface area contributed by atoms with E-state index in [0.29, 0.717) is 25.4 Å². The van der Waals surface area contributed by atoms with Crippen LogP contribution >= 0.6 is 0 Å². The predicted octanol–water partition coefficient (Wildman–Crippen LogP) is 3.94. The summed E-state index contributed by atoms with van der Waals surface area (Å²) < 4.78 is 15.3. The molecule has 0 N–H and O–H groups in total. The quantitative estimate of drug-likeness (QED) is 0.572. The van der Waals surface area contributed by atoms with Gasteiger partial charge in [0.15, 0.2) is 0 Å². The van der Waals surface area contributed by atoms with Crippen LogP contribution in [0.5, 0.6) is 0 Å². The molecular weight excluding hydrogens is 272 g/mol. The lowest BCUT2D eigenvalue weighted by Crippen LogP contribution is -2.35. The van der Waals surface area contributed by atoms with E-state index < -0.39 is 18.2 Å². The highest BCUT2D eigenvalue weighted by atomic mass is 16.7. The molecule has 0 heterocycles. The minimum absolute atomic E-state index is 0.256. The third-order valence-electron chi connectivity index (χ3n) is 3.12. The van der Waals surface area contributed by atoms with Crippen LogP contribution in [0.2, 0.25) is 0 Å². The Bertz CT molecular complexity index is 301. The Morgan fingerprint density at radius 3 is 2.10 bits per heavy atom. The van der Waals surface area contributed by atoms with Gasteiger partial charge < -0.3 is 14.2 Å². The molecule has 0 saturated carbocycles. The van der Waals surface area contributed by atoms with E-state index in [9.17, 15) is 9.59 Å². The van der Waals surface area contributed by atoms with E-state index in [1.807, 2.05) is 13.8 Å². The Labute approximate surface area is 128 Å². The Hall–Kier alpha value is -1.26. The Balaban J connectivity index is 4.95. The number of ether oxygens (including phenoxy) is 3. The van der Waals surface area contributed by atoms with Gasteiger partial charge in [0.1, 0.15) is 6.10 Å². The van der Waals surface area contributed by atoms with Gasteiger partial charge in [-0.3, -0.25) is 4.79 Å². The van der Waals surface area contributed by atoms with Gasteiger partial charge >= 0.3 is 12.1 Å². The van der Waals surface area contributed by atoms with Crippen LogP contribution in [-0.4, -0.2) is 31.4 Å². The maximum atomic E-state index is 12.2. The van der Waals surface area contributed by atoms with Crippen molar-refractivity contribution in [3.05, 3.63) is 0 Å². The van der Waals surface area contributed by atoms with E-state index in [4.69, 9.17) is 14.2 Å². The number of unbranched alkanes of at least 4 members (excludes halogenated alkanes) is 1. The molecule has 0 fully saturated rings. The van der Waals surface area contributed by atoms with Crippen LogP contribution in [0, 0.1) is 11.8 Å². The molecular formula is C16H30O5. The van der Waals surface area contributed by atoms with Crippen LogP contribution in [0.15, 0.2) is 0 Å². The van der Waals surface area contributed by atoms with E-state index in [1.54, 1.807) is 13.8 Å². The fourth-order valence-electron chi connectivity index (χ4n) is 2.16. The van der Waals surface area contributed by atoms with Gasteiger partial charge in [0.05, 0.1) is 19.1 Å². The molecule has 0 aliphatic rings. The summed E-state index contributed by atoms with van der Waals surface area (Å²) in [5.41, 5.74) is 0. The lowest BCUT2D eigenvalue weighted by Gasteiger charge is -2.26. The molecule has 124 valence electrons. The molecule has 5 nitrogen and oxygen atoms in total. The van der Waals surface area contributed by atoms with Crippen LogP contribution in [0.1, 0.15) is 60.3 Å². The first-order valence-corrected chi connectivity index (χ1v) is 7.96. The third kappa shape index (κ3) is 8.58. The first-order chi connectivity index (χ1) is 9.96. The number of rotatable bonds is 10. The second-order valence-electron chi connectivity index (χ2n) is 5.47. The van der Waals surface area contributed by atoms with Gasteiger partial charge in [-0.1, -0.05) is 33.6 Å². The fourth-order valence-corrected chi connectivity index (χ4v) is 2.16. The molecule has 0 aromatic carbocycles. The van der Waals surface area contributed by atoms with E-state index >= 15 is 0 Å². The summed E-state index contributed by atoms with van der Waals surface area (Å²) in [5.74, 6) is -0.402. The molecule has 0 aromatic rings. The lowest BCUT2D eigenvalue weighted by molar-refractivity contribution is -0.153.